The zero-order valence-corrected chi connectivity index (χ0v) is 28.2. The lowest BCUT2D eigenvalue weighted by atomic mass is 10.0. The van der Waals surface area contributed by atoms with Crippen LogP contribution in [0, 0.1) is 20.2 Å². The van der Waals surface area contributed by atoms with Crippen molar-refractivity contribution >= 4 is 95.9 Å². The summed E-state index contributed by atoms with van der Waals surface area (Å²) in [6.07, 6.45) is 4.04. The van der Waals surface area contributed by atoms with E-state index < -0.39 is 9.85 Å². The van der Waals surface area contributed by atoms with Crippen LogP contribution in [0.4, 0.5) is 33.0 Å². The Balaban J connectivity index is 0.00000417. The molecule has 0 radical (unpaired) electrons. The number of halogens is 3. The van der Waals surface area contributed by atoms with E-state index in [1.807, 2.05) is 36.4 Å². The summed E-state index contributed by atoms with van der Waals surface area (Å²) in [6, 6.07) is 24.2. The number of thiazole rings is 2. The number of hydrogen-bond donors (Lipinski definition) is 2. The number of nitro groups is 2. The molecule has 0 atom stereocenters. The second kappa shape index (κ2) is 14.4. The number of rotatable bonds is 10. The first-order valence-electron chi connectivity index (χ1n) is 13.2. The number of non-ortho nitro benzene ring substituents is 2. The highest BCUT2D eigenvalue weighted by molar-refractivity contribution is 8.93. The van der Waals surface area contributed by atoms with Crippen LogP contribution in [0.2, 0.25) is 10.0 Å². The van der Waals surface area contributed by atoms with Crippen molar-refractivity contribution in [2.24, 2.45) is 0 Å². The summed E-state index contributed by atoms with van der Waals surface area (Å²) in [5.74, 6) is 0. The van der Waals surface area contributed by atoms with Crippen molar-refractivity contribution in [1.29, 1.82) is 0 Å². The van der Waals surface area contributed by atoms with Gasteiger partial charge in [0, 0.05) is 36.7 Å². The summed E-state index contributed by atoms with van der Waals surface area (Å²) in [7, 11) is 0. The highest BCUT2D eigenvalue weighted by Gasteiger charge is 2.12. The van der Waals surface area contributed by atoms with E-state index >= 15 is 0 Å². The SMILES string of the molecule is Br.O=[N+]([O-])c1ccc(-c2cnc(Nc3ccc(Cc4ccc(Nc5ncc(-c6ccc([N+](=O)[O-])cc6)s5)c(Cl)c4)cc3Cl)s2)cc1. The number of nitrogens with zero attached hydrogens (tertiary/aromatic N) is 4. The molecule has 6 rings (SSSR count). The second-order valence-corrected chi connectivity index (χ2v) is 12.6. The van der Waals surface area contributed by atoms with Crippen LogP contribution in [-0.2, 0) is 6.42 Å². The summed E-state index contributed by atoms with van der Waals surface area (Å²) < 4.78 is 0. The first-order chi connectivity index (χ1) is 21.7. The maximum atomic E-state index is 10.9. The molecule has 0 saturated heterocycles. The van der Waals surface area contributed by atoms with Crippen molar-refractivity contribution in [3.63, 3.8) is 0 Å². The Labute approximate surface area is 290 Å². The molecule has 6 aromatic rings. The number of anilines is 4. The molecule has 15 heteroatoms. The third kappa shape index (κ3) is 7.69. The van der Waals surface area contributed by atoms with Crippen molar-refractivity contribution < 1.29 is 9.85 Å². The van der Waals surface area contributed by atoms with Crippen LogP contribution >= 0.6 is 62.9 Å². The molecular weight excluding hydrogens is 735 g/mol. The zero-order chi connectivity index (χ0) is 31.5. The maximum absolute atomic E-state index is 10.9. The molecule has 0 bridgehead atoms. The average molecular weight is 756 g/mol. The molecule has 0 unspecified atom stereocenters. The molecule has 0 aliphatic carbocycles. The Bertz CT molecular complexity index is 1890. The van der Waals surface area contributed by atoms with Gasteiger partial charge in [0.1, 0.15) is 0 Å². The fraction of sp³-hybridized carbons (Fsp3) is 0.0323. The predicted octanol–water partition coefficient (Wildman–Crippen LogP) is 10.7. The fourth-order valence-corrected chi connectivity index (χ4v) is 6.60. The number of nitro benzene ring substituents is 2. The molecule has 0 aliphatic rings. The van der Waals surface area contributed by atoms with Crippen LogP contribution in [0.5, 0.6) is 0 Å². The number of hydrogen-bond acceptors (Lipinski definition) is 10. The van der Waals surface area contributed by atoms with E-state index in [0.717, 1.165) is 32.0 Å². The third-order valence-electron chi connectivity index (χ3n) is 6.70. The fourth-order valence-electron chi connectivity index (χ4n) is 4.43. The predicted molar refractivity (Wildman–Crippen MR) is 191 cm³/mol. The van der Waals surface area contributed by atoms with Gasteiger partial charge in [-0.1, -0.05) is 58.0 Å². The minimum absolute atomic E-state index is 0. The monoisotopic (exact) mass is 754 g/mol. The van der Waals surface area contributed by atoms with Gasteiger partial charge in [0.15, 0.2) is 10.3 Å². The van der Waals surface area contributed by atoms with Crippen LogP contribution in [0.1, 0.15) is 11.1 Å². The van der Waals surface area contributed by atoms with E-state index in [1.165, 1.54) is 46.9 Å². The van der Waals surface area contributed by atoms with Gasteiger partial charge in [-0.15, -0.1) is 17.0 Å². The van der Waals surface area contributed by atoms with E-state index in [0.29, 0.717) is 38.1 Å². The third-order valence-corrected chi connectivity index (χ3v) is 9.24. The van der Waals surface area contributed by atoms with Gasteiger partial charge in [-0.25, -0.2) is 9.97 Å². The molecule has 232 valence electrons. The van der Waals surface area contributed by atoms with Gasteiger partial charge in [0.25, 0.3) is 11.4 Å². The van der Waals surface area contributed by atoms with Gasteiger partial charge < -0.3 is 10.6 Å². The van der Waals surface area contributed by atoms with E-state index in [-0.39, 0.29) is 28.4 Å². The lowest BCUT2D eigenvalue weighted by Gasteiger charge is -2.10. The Morgan fingerprint density at radius 1 is 0.630 bits per heavy atom. The van der Waals surface area contributed by atoms with Crippen molar-refractivity contribution in [1.82, 2.24) is 9.97 Å². The largest absolute Gasteiger partial charge is 0.330 e. The van der Waals surface area contributed by atoms with E-state index in [4.69, 9.17) is 23.2 Å². The number of aromatic nitrogens is 2. The van der Waals surface area contributed by atoms with E-state index in [2.05, 4.69) is 20.6 Å². The Kier molecular flexibility index (Phi) is 10.3. The summed E-state index contributed by atoms with van der Waals surface area (Å²) in [4.78, 5) is 31.5. The molecule has 10 nitrogen and oxygen atoms in total. The minimum atomic E-state index is -0.428. The highest BCUT2D eigenvalue weighted by Crippen LogP contribution is 2.36. The molecule has 2 N–H and O–H groups in total. The lowest BCUT2D eigenvalue weighted by molar-refractivity contribution is -0.385. The molecule has 46 heavy (non-hydrogen) atoms. The van der Waals surface area contributed by atoms with Crippen LogP contribution in [0.3, 0.4) is 0 Å². The topological polar surface area (TPSA) is 136 Å². The molecule has 0 aliphatic heterocycles. The Morgan fingerprint density at radius 3 is 1.37 bits per heavy atom. The van der Waals surface area contributed by atoms with Gasteiger partial charge in [0.05, 0.1) is 41.0 Å². The van der Waals surface area contributed by atoms with Crippen LogP contribution in [-0.4, -0.2) is 19.8 Å². The van der Waals surface area contributed by atoms with Gasteiger partial charge in [-0.2, -0.15) is 0 Å². The first-order valence-corrected chi connectivity index (χ1v) is 15.6. The summed E-state index contributed by atoms with van der Waals surface area (Å²) in [5, 5.41) is 30.7. The molecule has 0 fully saturated rings. The van der Waals surface area contributed by atoms with Crippen molar-refractivity contribution in [3.05, 3.63) is 139 Å². The normalized spacial score (nSPS) is 10.7. The van der Waals surface area contributed by atoms with Crippen LogP contribution < -0.4 is 10.6 Å². The average Bonchev–Trinajstić information content (AvgIpc) is 3.70. The number of benzene rings is 4. The minimum Gasteiger partial charge on any atom is -0.330 e. The number of nitrogens with one attached hydrogen (secondary N) is 2. The van der Waals surface area contributed by atoms with Gasteiger partial charge >= 0.3 is 0 Å². The van der Waals surface area contributed by atoms with Crippen LogP contribution in [0.25, 0.3) is 20.9 Å². The van der Waals surface area contributed by atoms with Crippen molar-refractivity contribution in [3.8, 4) is 20.9 Å². The quantitative estimate of drug-likeness (QED) is 0.104. The van der Waals surface area contributed by atoms with Gasteiger partial charge in [-0.05, 0) is 77.2 Å². The smallest absolute Gasteiger partial charge is 0.269 e. The molecule has 0 spiro atoms. The Morgan fingerprint density at radius 2 is 1.02 bits per heavy atom. The molecular formula is C31H21BrCl2N6O4S2. The van der Waals surface area contributed by atoms with E-state index in [9.17, 15) is 20.2 Å². The second-order valence-electron chi connectivity index (χ2n) is 9.72. The summed E-state index contributed by atoms with van der Waals surface area (Å²) in [6.45, 7) is 0. The standard InChI is InChI=1S/C31H20Cl2N6O4S2.BrH/c32-24-14-18(1-11-26(24)36-30-34-16-28(44-30)20-3-7-22(8-4-20)38(40)41)13-19-2-12-27(25(33)15-19)37-31-35-17-29(45-31)21-5-9-23(10-6-21)39(42)43;/h1-12,14-17H,13H2,(H,34,36)(H,35,37);1H. The van der Waals surface area contributed by atoms with Crippen molar-refractivity contribution in [2.45, 2.75) is 6.42 Å². The molecule has 0 amide bonds. The highest BCUT2D eigenvalue weighted by atomic mass is 79.9. The van der Waals surface area contributed by atoms with Gasteiger partial charge in [0.2, 0.25) is 0 Å². The molecule has 2 heterocycles. The van der Waals surface area contributed by atoms with E-state index in [1.54, 1.807) is 36.7 Å². The van der Waals surface area contributed by atoms with Gasteiger partial charge in [-0.3, -0.25) is 20.2 Å². The summed E-state index contributed by atoms with van der Waals surface area (Å²) in [5.41, 5.74) is 5.17. The zero-order valence-electron chi connectivity index (χ0n) is 23.3. The lowest BCUT2D eigenvalue weighted by Crippen LogP contribution is -1.95. The van der Waals surface area contributed by atoms with Crippen LogP contribution in [0.15, 0.2) is 97.3 Å². The Hall–Kier alpha value is -4.40. The maximum Gasteiger partial charge on any atom is 0.269 e. The molecule has 2 aromatic heterocycles. The van der Waals surface area contributed by atoms with Crippen molar-refractivity contribution in [2.75, 3.05) is 10.6 Å². The molecule has 4 aromatic carbocycles. The summed E-state index contributed by atoms with van der Waals surface area (Å²) >= 11 is 16.1. The molecule has 0 saturated carbocycles. The first kappa shape index (κ1) is 33.0.